The maximum atomic E-state index is 5.07. The van der Waals surface area contributed by atoms with E-state index in [-0.39, 0.29) is 0 Å². The Labute approximate surface area is 113 Å². The van der Waals surface area contributed by atoms with Gasteiger partial charge in [0.2, 0.25) is 0 Å². The van der Waals surface area contributed by atoms with Crippen molar-refractivity contribution in [1.29, 1.82) is 0 Å². The number of fused-ring (bicyclic) bond motifs is 3. The molecule has 3 aromatic heterocycles. The van der Waals surface area contributed by atoms with Crippen molar-refractivity contribution in [1.82, 2.24) is 15.1 Å². The molecule has 19 heavy (non-hydrogen) atoms. The normalized spacial score (nSPS) is 13.9. The van der Waals surface area contributed by atoms with Crippen LogP contribution >= 0.6 is 11.3 Å². The smallest absolute Gasteiger partial charge is 0.175 e. The first-order valence-electron chi connectivity index (χ1n) is 6.27. The Balaban J connectivity index is 1.85. The minimum atomic E-state index is 0.690. The second-order valence-corrected chi connectivity index (χ2v) is 5.79. The number of nitrogens with zero attached hydrogens (tertiary/aromatic N) is 3. The van der Waals surface area contributed by atoms with Crippen LogP contribution in [0.25, 0.3) is 10.2 Å². The fourth-order valence-electron chi connectivity index (χ4n) is 2.57. The topological polar surface area (TPSA) is 63.8 Å². The Hall–Kier alpha value is -1.95. The summed E-state index contributed by atoms with van der Waals surface area (Å²) in [6.45, 7) is 1.87. The van der Waals surface area contributed by atoms with Gasteiger partial charge in [-0.25, -0.2) is 9.97 Å². The average Bonchev–Trinajstić information content (AvgIpc) is 3.05. The molecular formula is C13H12N4OS. The summed E-state index contributed by atoms with van der Waals surface area (Å²) in [6.07, 6.45) is 5.12. The predicted octanol–water partition coefficient (Wildman–Crippen LogP) is 3.22. The standard InChI is InChI=1S/C13H12N4OS/c1-7-5-10(17-18-7)16-12-11-8-3-2-4-9(8)19-13(11)15-6-14-12/h5-6H,2-4H2,1H3,(H,14,15,16,17). The van der Waals surface area contributed by atoms with Crippen molar-refractivity contribution in [3.63, 3.8) is 0 Å². The van der Waals surface area contributed by atoms with E-state index in [2.05, 4.69) is 20.4 Å². The number of aromatic nitrogens is 3. The Bertz CT molecular complexity index is 761. The van der Waals surface area contributed by atoms with Gasteiger partial charge >= 0.3 is 0 Å². The minimum absolute atomic E-state index is 0.690. The summed E-state index contributed by atoms with van der Waals surface area (Å²) in [5, 5.41) is 8.34. The number of rotatable bonds is 2. The molecule has 1 aliphatic rings. The minimum Gasteiger partial charge on any atom is -0.360 e. The second kappa shape index (κ2) is 4.03. The fourth-order valence-corrected chi connectivity index (χ4v) is 3.80. The molecule has 96 valence electrons. The summed E-state index contributed by atoms with van der Waals surface area (Å²) in [5.41, 5.74) is 1.41. The zero-order valence-electron chi connectivity index (χ0n) is 10.4. The molecule has 0 spiro atoms. The van der Waals surface area contributed by atoms with Crippen molar-refractivity contribution < 1.29 is 4.52 Å². The summed E-state index contributed by atoms with van der Waals surface area (Å²) < 4.78 is 5.07. The molecule has 0 atom stereocenters. The lowest BCUT2D eigenvalue weighted by Gasteiger charge is -2.03. The lowest BCUT2D eigenvalue weighted by Crippen LogP contribution is -1.96. The zero-order valence-corrected chi connectivity index (χ0v) is 11.3. The molecule has 0 fully saturated rings. The second-order valence-electron chi connectivity index (χ2n) is 4.71. The van der Waals surface area contributed by atoms with Gasteiger partial charge in [0, 0.05) is 10.9 Å². The number of hydrogen-bond acceptors (Lipinski definition) is 6. The SMILES string of the molecule is Cc1cc(Nc2ncnc3sc4c(c23)CCC4)no1. The Morgan fingerprint density at radius 1 is 1.32 bits per heavy atom. The van der Waals surface area contributed by atoms with E-state index in [1.165, 1.54) is 23.3 Å². The van der Waals surface area contributed by atoms with Crippen molar-refractivity contribution in [2.45, 2.75) is 26.2 Å². The molecule has 0 bridgehead atoms. The van der Waals surface area contributed by atoms with Crippen molar-refractivity contribution in [3.05, 3.63) is 28.6 Å². The largest absolute Gasteiger partial charge is 0.360 e. The summed E-state index contributed by atoms with van der Waals surface area (Å²) in [4.78, 5) is 11.3. The molecule has 1 N–H and O–H groups in total. The van der Waals surface area contributed by atoms with Crippen LogP contribution in [-0.2, 0) is 12.8 Å². The molecule has 0 aliphatic heterocycles. The fraction of sp³-hybridized carbons (Fsp3) is 0.308. The lowest BCUT2D eigenvalue weighted by molar-refractivity contribution is 0.400. The molecule has 4 rings (SSSR count). The molecule has 1 aliphatic carbocycles. The van der Waals surface area contributed by atoms with Crippen LogP contribution in [0, 0.1) is 6.92 Å². The highest BCUT2D eigenvalue weighted by Crippen LogP contribution is 2.39. The first-order chi connectivity index (χ1) is 9.31. The highest BCUT2D eigenvalue weighted by atomic mass is 32.1. The molecule has 0 aromatic carbocycles. The quantitative estimate of drug-likeness (QED) is 0.776. The Morgan fingerprint density at radius 2 is 2.26 bits per heavy atom. The van der Waals surface area contributed by atoms with Gasteiger partial charge in [0.25, 0.3) is 0 Å². The third-order valence-corrected chi connectivity index (χ3v) is 4.58. The molecule has 0 unspecified atom stereocenters. The van der Waals surface area contributed by atoms with Crippen molar-refractivity contribution >= 4 is 33.2 Å². The Morgan fingerprint density at radius 3 is 3.11 bits per heavy atom. The van der Waals surface area contributed by atoms with E-state index in [1.807, 2.05) is 13.0 Å². The van der Waals surface area contributed by atoms with Crippen molar-refractivity contribution in [2.24, 2.45) is 0 Å². The summed E-state index contributed by atoms with van der Waals surface area (Å²) in [6, 6.07) is 1.86. The number of hydrogen-bond donors (Lipinski definition) is 1. The van der Waals surface area contributed by atoms with E-state index < -0.39 is 0 Å². The molecule has 5 nitrogen and oxygen atoms in total. The molecule has 3 heterocycles. The van der Waals surface area contributed by atoms with Crippen molar-refractivity contribution in [2.75, 3.05) is 5.32 Å². The van der Waals surface area contributed by atoms with Gasteiger partial charge in [0.15, 0.2) is 5.82 Å². The number of anilines is 2. The summed E-state index contributed by atoms with van der Waals surface area (Å²) in [5.74, 6) is 2.30. The van der Waals surface area contributed by atoms with Gasteiger partial charge in [0.05, 0.1) is 5.39 Å². The molecule has 3 aromatic rings. The van der Waals surface area contributed by atoms with Gasteiger partial charge < -0.3 is 9.84 Å². The van der Waals surface area contributed by atoms with Gasteiger partial charge in [0.1, 0.15) is 22.7 Å². The van der Waals surface area contributed by atoms with E-state index in [0.29, 0.717) is 5.82 Å². The van der Waals surface area contributed by atoms with E-state index in [4.69, 9.17) is 4.52 Å². The zero-order chi connectivity index (χ0) is 12.8. The van der Waals surface area contributed by atoms with Gasteiger partial charge in [-0.3, -0.25) is 0 Å². The highest BCUT2D eigenvalue weighted by Gasteiger charge is 2.21. The number of nitrogens with one attached hydrogen (secondary N) is 1. The first kappa shape index (κ1) is 10.9. The van der Waals surface area contributed by atoms with Gasteiger partial charge in [-0.2, -0.15) is 0 Å². The molecular weight excluding hydrogens is 260 g/mol. The lowest BCUT2D eigenvalue weighted by atomic mass is 10.2. The van der Waals surface area contributed by atoms with E-state index in [0.717, 1.165) is 28.2 Å². The van der Waals surface area contributed by atoms with Crippen LogP contribution in [-0.4, -0.2) is 15.1 Å². The monoisotopic (exact) mass is 272 g/mol. The highest BCUT2D eigenvalue weighted by molar-refractivity contribution is 7.19. The third-order valence-electron chi connectivity index (χ3n) is 3.38. The van der Waals surface area contributed by atoms with Crippen LogP contribution in [0.1, 0.15) is 22.6 Å². The summed E-state index contributed by atoms with van der Waals surface area (Å²) in [7, 11) is 0. The first-order valence-corrected chi connectivity index (χ1v) is 7.08. The maximum Gasteiger partial charge on any atom is 0.175 e. The third kappa shape index (κ3) is 1.71. The maximum absolute atomic E-state index is 5.07. The molecule has 6 heteroatoms. The average molecular weight is 272 g/mol. The van der Waals surface area contributed by atoms with Crippen LogP contribution in [0.15, 0.2) is 16.9 Å². The van der Waals surface area contributed by atoms with Crippen LogP contribution in [0.5, 0.6) is 0 Å². The van der Waals surface area contributed by atoms with E-state index >= 15 is 0 Å². The Kier molecular flexibility index (Phi) is 2.32. The van der Waals surface area contributed by atoms with Crippen molar-refractivity contribution in [3.8, 4) is 0 Å². The molecule has 0 amide bonds. The van der Waals surface area contributed by atoms with Crippen LogP contribution in [0.2, 0.25) is 0 Å². The van der Waals surface area contributed by atoms with Gasteiger partial charge in [-0.15, -0.1) is 11.3 Å². The molecule has 0 saturated carbocycles. The molecule has 0 radical (unpaired) electrons. The van der Waals surface area contributed by atoms with Crippen LogP contribution < -0.4 is 5.32 Å². The van der Waals surface area contributed by atoms with E-state index in [1.54, 1.807) is 17.7 Å². The van der Waals surface area contributed by atoms with Gasteiger partial charge in [-0.1, -0.05) is 5.16 Å². The summed E-state index contributed by atoms with van der Waals surface area (Å²) >= 11 is 1.78. The predicted molar refractivity (Wildman–Crippen MR) is 74.0 cm³/mol. The number of thiophene rings is 1. The van der Waals surface area contributed by atoms with Crippen LogP contribution in [0.4, 0.5) is 11.6 Å². The number of aryl methyl sites for hydroxylation is 3. The molecule has 0 saturated heterocycles. The van der Waals surface area contributed by atoms with E-state index in [9.17, 15) is 0 Å². The van der Waals surface area contributed by atoms with Crippen LogP contribution in [0.3, 0.4) is 0 Å². The van der Waals surface area contributed by atoms with Gasteiger partial charge in [-0.05, 0) is 31.7 Å².